The molecule has 0 unspecified atom stereocenters. The van der Waals surface area contributed by atoms with E-state index in [1.807, 2.05) is 6.92 Å². The van der Waals surface area contributed by atoms with E-state index in [9.17, 15) is 4.79 Å². The van der Waals surface area contributed by atoms with Crippen molar-refractivity contribution in [3.63, 3.8) is 0 Å². The van der Waals surface area contributed by atoms with E-state index in [0.29, 0.717) is 18.9 Å². The SMILES string of the molecule is C=C(C)Cn1c(CCC(=O)O)nc2cc(C(C)C)ccc21. The van der Waals surface area contributed by atoms with Gasteiger partial charge in [0.15, 0.2) is 0 Å². The summed E-state index contributed by atoms with van der Waals surface area (Å²) >= 11 is 0. The maximum absolute atomic E-state index is 10.8. The number of aliphatic carboxylic acids is 1. The lowest BCUT2D eigenvalue weighted by molar-refractivity contribution is -0.137. The van der Waals surface area contributed by atoms with E-state index < -0.39 is 5.97 Å². The van der Waals surface area contributed by atoms with Gasteiger partial charge in [0.2, 0.25) is 0 Å². The number of aryl methyl sites for hydroxylation is 1. The van der Waals surface area contributed by atoms with Crippen molar-refractivity contribution in [2.45, 2.75) is 46.1 Å². The molecular weight excluding hydrogens is 264 g/mol. The van der Waals surface area contributed by atoms with Crippen molar-refractivity contribution in [1.82, 2.24) is 9.55 Å². The molecule has 0 radical (unpaired) electrons. The molecule has 2 rings (SSSR count). The van der Waals surface area contributed by atoms with Crippen LogP contribution in [0.2, 0.25) is 0 Å². The summed E-state index contributed by atoms with van der Waals surface area (Å²) in [6, 6.07) is 6.29. The molecule has 0 spiro atoms. The van der Waals surface area contributed by atoms with E-state index >= 15 is 0 Å². The van der Waals surface area contributed by atoms with Crippen LogP contribution in [0.15, 0.2) is 30.4 Å². The zero-order chi connectivity index (χ0) is 15.6. The lowest BCUT2D eigenvalue weighted by atomic mass is 10.0. The normalized spacial score (nSPS) is 11.2. The Bertz CT molecular complexity index is 683. The maximum Gasteiger partial charge on any atom is 0.303 e. The minimum Gasteiger partial charge on any atom is -0.481 e. The van der Waals surface area contributed by atoms with Crippen molar-refractivity contribution in [3.8, 4) is 0 Å². The predicted octanol–water partition coefficient (Wildman–Crippen LogP) is 3.75. The third-order valence-electron chi connectivity index (χ3n) is 3.51. The van der Waals surface area contributed by atoms with Gasteiger partial charge in [-0.05, 0) is 30.5 Å². The van der Waals surface area contributed by atoms with E-state index in [2.05, 4.69) is 48.2 Å². The highest BCUT2D eigenvalue weighted by Gasteiger charge is 2.13. The summed E-state index contributed by atoms with van der Waals surface area (Å²) in [5, 5.41) is 8.88. The van der Waals surface area contributed by atoms with Crippen LogP contribution in [0, 0.1) is 0 Å². The van der Waals surface area contributed by atoms with Gasteiger partial charge < -0.3 is 9.67 Å². The number of carboxylic acid groups (broad SMARTS) is 1. The fraction of sp³-hybridized carbons (Fsp3) is 0.412. The van der Waals surface area contributed by atoms with Crippen LogP contribution in [0.4, 0.5) is 0 Å². The number of carbonyl (C=O) groups is 1. The van der Waals surface area contributed by atoms with Crippen LogP contribution in [0.25, 0.3) is 11.0 Å². The second-order valence-corrected chi connectivity index (χ2v) is 5.87. The van der Waals surface area contributed by atoms with Crippen LogP contribution in [0.3, 0.4) is 0 Å². The monoisotopic (exact) mass is 286 g/mol. The molecule has 1 aromatic carbocycles. The van der Waals surface area contributed by atoms with E-state index in [-0.39, 0.29) is 6.42 Å². The standard InChI is InChI=1S/C17H22N2O2/c1-11(2)10-19-15-6-5-13(12(3)4)9-14(15)18-16(19)7-8-17(20)21/h5-6,9,12H,1,7-8,10H2,2-4H3,(H,20,21). The molecule has 0 aliphatic heterocycles. The van der Waals surface area contributed by atoms with Gasteiger partial charge in [-0.25, -0.2) is 4.98 Å². The molecular formula is C17H22N2O2. The molecule has 0 atom stereocenters. The van der Waals surface area contributed by atoms with Crippen molar-refractivity contribution in [3.05, 3.63) is 41.7 Å². The lowest BCUT2D eigenvalue weighted by Crippen LogP contribution is -2.07. The summed E-state index contributed by atoms with van der Waals surface area (Å²) in [4.78, 5) is 15.4. The fourth-order valence-corrected chi connectivity index (χ4v) is 2.41. The Morgan fingerprint density at radius 1 is 1.43 bits per heavy atom. The molecule has 4 nitrogen and oxygen atoms in total. The molecule has 0 aliphatic carbocycles. The Kier molecular flexibility index (Phi) is 4.46. The van der Waals surface area contributed by atoms with Gasteiger partial charge in [0.25, 0.3) is 0 Å². The first-order valence-corrected chi connectivity index (χ1v) is 7.23. The van der Waals surface area contributed by atoms with Gasteiger partial charge in [-0.1, -0.05) is 32.1 Å². The van der Waals surface area contributed by atoms with Gasteiger partial charge in [-0.3, -0.25) is 4.79 Å². The average Bonchev–Trinajstić information content (AvgIpc) is 2.73. The van der Waals surface area contributed by atoms with Crippen LogP contribution in [0.5, 0.6) is 0 Å². The molecule has 0 saturated heterocycles. The van der Waals surface area contributed by atoms with Gasteiger partial charge in [0, 0.05) is 13.0 Å². The number of nitrogens with zero attached hydrogens (tertiary/aromatic N) is 2. The number of fused-ring (bicyclic) bond motifs is 1. The van der Waals surface area contributed by atoms with Crippen LogP contribution in [-0.4, -0.2) is 20.6 Å². The molecule has 21 heavy (non-hydrogen) atoms. The maximum atomic E-state index is 10.8. The van der Waals surface area contributed by atoms with Gasteiger partial charge >= 0.3 is 5.97 Å². The third kappa shape index (κ3) is 3.51. The number of carboxylic acids is 1. The lowest BCUT2D eigenvalue weighted by Gasteiger charge is -2.09. The van der Waals surface area contributed by atoms with Crippen molar-refractivity contribution in [1.29, 1.82) is 0 Å². The Labute approximate surface area is 125 Å². The molecule has 0 fully saturated rings. The van der Waals surface area contributed by atoms with Crippen LogP contribution < -0.4 is 0 Å². The molecule has 2 aromatic rings. The average molecular weight is 286 g/mol. The minimum absolute atomic E-state index is 0.0938. The number of hydrogen-bond donors (Lipinski definition) is 1. The molecule has 0 amide bonds. The zero-order valence-corrected chi connectivity index (χ0v) is 12.9. The summed E-state index contributed by atoms with van der Waals surface area (Å²) in [7, 11) is 0. The number of imidazole rings is 1. The molecule has 1 heterocycles. The number of allylic oxidation sites excluding steroid dienone is 1. The number of aromatic nitrogens is 2. The van der Waals surface area contributed by atoms with Crippen molar-refractivity contribution in [2.24, 2.45) is 0 Å². The molecule has 112 valence electrons. The van der Waals surface area contributed by atoms with Crippen molar-refractivity contribution < 1.29 is 9.90 Å². The molecule has 0 aliphatic rings. The number of hydrogen-bond acceptors (Lipinski definition) is 2. The van der Waals surface area contributed by atoms with Crippen molar-refractivity contribution >= 4 is 17.0 Å². The minimum atomic E-state index is -0.799. The van der Waals surface area contributed by atoms with E-state index in [1.165, 1.54) is 5.56 Å². The highest BCUT2D eigenvalue weighted by Crippen LogP contribution is 2.23. The molecule has 1 N–H and O–H groups in total. The Balaban J connectivity index is 2.48. The van der Waals surface area contributed by atoms with Gasteiger partial charge in [-0.15, -0.1) is 0 Å². The zero-order valence-electron chi connectivity index (χ0n) is 12.9. The van der Waals surface area contributed by atoms with Crippen LogP contribution in [-0.2, 0) is 17.8 Å². The molecule has 0 bridgehead atoms. The van der Waals surface area contributed by atoms with E-state index in [0.717, 1.165) is 22.4 Å². The number of rotatable bonds is 6. The molecule has 0 saturated carbocycles. The summed E-state index contributed by atoms with van der Waals surface area (Å²) in [6.45, 7) is 10.9. The second-order valence-electron chi connectivity index (χ2n) is 5.87. The summed E-state index contributed by atoms with van der Waals surface area (Å²) in [5.74, 6) is 0.464. The summed E-state index contributed by atoms with van der Waals surface area (Å²) < 4.78 is 2.07. The Hall–Kier alpha value is -2.10. The molecule has 1 aromatic heterocycles. The van der Waals surface area contributed by atoms with Gasteiger partial charge in [-0.2, -0.15) is 0 Å². The Morgan fingerprint density at radius 2 is 2.14 bits per heavy atom. The highest BCUT2D eigenvalue weighted by molar-refractivity contribution is 5.77. The molecule has 4 heteroatoms. The van der Waals surface area contributed by atoms with Crippen LogP contribution >= 0.6 is 0 Å². The predicted molar refractivity (Wildman–Crippen MR) is 84.6 cm³/mol. The first-order chi connectivity index (χ1) is 9.88. The topological polar surface area (TPSA) is 55.1 Å². The van der Waals surface area contributed by atoms with Gasteiger partial charge in [0.05, 0.1) is 17.5 Å². The van der Waals surface area contributed by atoms with E-state index in [4.69, 9.17) is 5.11 Å². The largest absolute Gasteiger partial charge is 0.481 e. The first-order valence-electron chi connectivity index (χ1n) is 7.23. The van der Waals surface area contributed by atoms with Gasteiger partial charge in [0.1, 0.15) is 5.82 Å². The first kappa shape index (κ1) is 15.3. The fourth-order valence-electron chi connectivity index (χ4n) is 2.41. The summed E-state index contributed by atoms with van der Waals surface area (Å²) in [5.41, 5.74) is 4.25. The van der Waals surface area contributed by atoms with Crippen LogP contribution in [0.1, 0.15) is 44.5 Å². The van der Waals surface area contributed by atoms with E-state index in [1.54, 1.807) is 0 Å². The highest BCUT2D eigenvalue weighted by atomic mass is 16.4. The second kappa shape index (κ2) is 6.12. The Morgan fingerprint density at radius 3 is 2.71 bits per heavy atom. The van der Waals surface area contributed by atoms with Crippen molar-refractivity contribution in [2.75, 3.05) is 0 Å². The smallest absolute Gasteiger partial charge is 0.303 e. The summed E-state index contributed by atoms with van der Waals surface area (Å²) in [6.07, 6.45) is 0.533. The quantitative estimate of drug-likeness (QED) is 0.823. The third-order valence-corrected chi connectivity index (χ3v) is 3.51. The number of benzene rings is 1.